The molecule has 0 amide bonds. The first-order chi connectivity index (χ1) is 9.21. The Hall–Kier alpha value is -1.15. The summed E-state index contributed by atoms with van der Waals surface area (Å²) in [6.45, 7) is 3.38. The zero-order valence-corrected chi connectivity index (χ0v) is 12.8. The molecule has 0 aromatic carbocycles. The van der Waals surface area contributed by atoms with Gasteiger partial charge in [0.1, 0.15) is 0 Å². The fourth-order valence-electron chi connectivity index (χ4n) is 1.69. The maximum atomic E-state index is 11.8. The lowest BCUT2D eigenvalue weighted by Crippen LogP contribution is -2.24. The molecule has 7 nitrogen and oxygen atoms in total. The van der Waals surface area contributed by atoms with Gasteiger partial charge in [0.25, 0.3) is 10.1 Å². The van der Waals surface area contributed by atoms with Crippen LogP contribution in [-0.4, -0.2) is 44.4 Å². The van der Waals surface area contributed by atoms with E-state index in [1.54, 1.807) is 13.8 Å². The summed E-state index contributed by atoms with van der Waals surface area (Å²) in [7, 11) is -2.75. The number of hydrogen-bond donors (Lipinski definition) is 1. The van der Waals surface area contributed by atoms with Crippen LogP contribution < -0.4 is 0 Å². The molecule has 0 heterocycles. The highest BCUT2D eigenvalue weighted by atomic mass is 32.2. The van der Waals surface area contributed by atoms with Crippen LogP contribution in [0.5, 0.6) is 0 Å². The Labute approximate surface area is 119 Å². The molecule has 0 saturated heterocycles. The molecule has 2 atom stereocenters. The van der Waals surface area contributed by atoms with Crippen LogP contribution in [0.4, 0.5) is 0 Å². The first-order valence-corrected chi connectivity index (χ1v) is 8.01. The highest BCUT2D eigenvalue weighted by molar-refractivity contribution is 7.85. The summed E-state index contributed by atoms with van der Waals surface area (Å²) < 4.78 is 39.0. The van der Waals surface area contributed by atoms with Crippen LogP contribution in [0, 0.1) is 11.8 Å². The lowest BCUT2D eigenvalue weighted by atomic mass is 9.94. The minimum Gasteiger partial charge on any atom is -0.469 e. The van der Waals surface area contributed by atoms with Crippen molar-refractivity contribution in [3.05, 3.63) is 0 Å². The molecule has 0 aromatic heterocycles. The molecular weight excluding hydrogens is 288 g/mol. The van der Waals surface area contributed by atoms with Gasteiger partial charge in [0, 0.05) is 0 Å². The summed E-state index contributed by atoms with van der Waals surface area (Å²) in [5.41, 5.74) is 0. The Morgan fingerprint density at radius 2 is 1.85 bits per heavy atom. The van der Waals surface area contributed by atoms with Crippen molar-refractivity contribution in [3.8, 4) is 0 Å². The van der Waals surface area contributed by atoms with Gasteiger partial charge < -0.3 is 9.47 Å². The van der Waals surface area contributed by atoms with Crippen molar-refractivity contribution in [2.24, 2.45) is 11.8 Å². The minimum atomic E-state index is -4.03. The highest BCUT2D eigenvalue weighted by Crippen LogP contribution is 2.18. The maximum Gasteiger partial charge on any atom is 0.308 e. The number of rotatable bonds is 9. The number of methoxy groups -OCH3 is 1. The number of esters is 2. The smallest absolute Gasteiger partial charge is 0.308 e. The lowest BCUT2D eigenvalue weighted by molar-refractivity contribution is -0.151. The molecule has 0 radical (unpaired) electrons. The molecule has 0 bridgehead atoms. The van der Waals surface area contributed by atoms with Crippen molar-refractivity contribution in [2.75, 3.05) is 19.5 Å². The Balaban J connectivity index is 4.18. The predicted molar refractivity (Wildman–Crippen MR) is 71.6 cm³/mol. The van der Waals surface area contributed by atoms with Crippen molar-refractivity contribution in [3.63, 3.8) is 0 Å². The summed E-state index contributed by atoms with van der Waals surface area (Å²) in [6.07, 6.45) is 0.867. The van der Waals surface area contributed by atoms with Crippen LogP contribution >= 0.6 is 0 Å². The van der Waals surface area contributed by atoms with Crippen LogP contribution in [0.1, 0.15) is 33.1 Å². The minimum absolute atomic E-state index is 0.0353. The third kappa shape index (κ3) is 8.11. The van der Waals surface area contributed by atoms with Gasteiger partial charge in [-0.25, -0.2) is 0 Å². The van der Waals surface area contributed by atoms with Gasteiger partial charge in [-0.2, -0.15) is 8.42 Å². The van der Waals surface area contributed by atoms with Gasteiger partial charge in [0.2, 0.25) is 0 Å². The first kappa shape index (κ1) is 18.9. The van der Waals surface area contributed by atoms with Crippen molar-refractivity contribution in [1.29, 1.82) is 0 Å². The standard InChI is InChI=1S/C12H22O7S/c1-4-10(8-9(2)11(13)18-3)12(14)19-6-5-7-20(15,16)17/h9-10H,4-8H2,1-3H3,(H,15,16,17). The van der Waals surface area contributed by atoms with E-state index in [1.807, 2.05) is 0 Å². The van der Waals surface area contributed by atoms with Crippen LogP contribution in [-0.2, 0) is 29.2 Å². The molecule has 2 unspecified atom stereocenters. The number of hydrogen-bond acceptors (Lipinski definition) is 6. The van der Waals surface area contributed by atoms with Crippen LogP contribution in [0.3, 0.4) is 0 Å². The zero-order valence-electron chi connectivity index (χ0n) is 12.0. The van der Waals surface area contributed by atoms with E-state index in [9.17, 15) is 18.0 Å². The highest BCUT2D eigenvalue weighted by Gasteiger charge is 2.24. The molecule has 20 heavy (non-hydrogen) atoms. The molecule has 0 saturated carbocycles. The number of carbonyl (C=O) groups excluding carboxylic acids is 2. The molecule has 0 rings (SSSR count). The third-order valence-electron chi connectivity index (χ3n) is 2.86. The molecule has 1 N–H and O–H groups in total. The normalized spacial score (nSPS) is 14.4. The fraction of sp³-hybridized carbons (Fsp3) is 0.833. The predicted octanol–water partition coefficient (Wildman–Crippen LogP) is 1.03. The van der Waals surface area contributed by atoms with E-state index in [-0.39, 0.29) is 19.0 Å². The second-order valence-corrected chi connectivity index (χ2v) is 6.14. The van der Waals surface area contributed by atoms with Crippen LogP contribution in [0.25, 0.3) is 0 Å². The zero-order chi connectivity index (χ0) is 15.8. The number of ether oxygens (including phenoxy) is 2. The van der Waals surface area contributed by atoms with E-state index in [2.05, 4.69) is 4.74 Å². The molecule has 0 aliphatic carbocycles. The Morgan fingerprint density at radius 1 is 1.25 bits per heavy atom. The molecule has 118 valence electrons. The molecular formula is C12H22O7S. The Bertz CT molecular complexity index is 416. The van der Waals surface area contributed by atoms with E-state index in [0.717, 1.165) is 0 Å². The molecule has 0 aliphatic heterocycles. The van der Waals surface area contributed by atoms with E-state index in [0.29, 0.717) is 12.8 Å². The summed E-state index contributed by atoms with van der Waals surface area (Å²) in [4.78, 5) is 23.0. The second kappa shape index (κ2) is 8.91. The molecule has 0 fully saturated rings. The fourth-order valence-corrected chi connectivity index (χ4v) is 2.17. The maximum absolute atomic E-state index is 11.8. The molecule has 8 heteroatoms. The monoisotopic (exact) mass is 310 g/mol. The second-order valence-electron chi connectivity index (χ2n) is 4.57. The molecule has 0 spiro atoms. The van der Waals surface area contributed by atoms with E-state index in [4.69, 9.17) is 9.29 Å². The summed E-state index contributed by atoms with van der Waals surface area (Å²) in [5.74, 6) is -2.15. The van der Waals surface area contributed by atoms with Gasteiger partial charge in [-0.3, -0.25) is 14.1 Å². The molecule has 0 aliphatic rings. The summed E-state index contributed by atoms with van der Waals surface area (Å²) in [6, 6.07) is 0. The topological polar surface area (TPSA) is 107 Å². The van der Waals surface area contributed by atoms with Crippen LogP contribution in [0.2, 0.25) is 0 Å². The van der Waals surface area contributed by atoms with E-state index < -0.39 is 33.7 Å². The van der Waals surface area contributed by atoms with Crippen molar-refractivity contribution < 1.29 is 32.0 Å². The van der Waals surface area contributed by atoms with Gasteiger partial charge in [-0.05, 0) is 19.3 Å². The summed E-state index contributed by atoms with van der Waals surface area (Å²) in [5, 5.41) is 0. The van der Waals surface area contributed by atoms with Gasteiger partial charge >= 0.3 is 11.9 Å². The average Bonchev–Trinajstić information content (AvgIpc) is 2.38. The van der Waals surface area contributed by atoms with Gasteiger partial charge in [-0.15, -0.1) is 0 Å². The summed E-state index contributed by atoms with van der Waals surface area (Å²) >= 11 is 0. The van der Waals surface area contributed by atoms with Crippen LogP contribution in [0.15, 0.2) is 0 Å². The lowest BCUT2D eigenvalue weighted by Gasteiger charge is -2.17. The largest absolute Gasteiger partial charge is 0.469 e. The van der Waals surface area contributed by atoms with Gasteiger partial charge in [-0.1, -0.05) is 13.8 Å². The van der Waals surface area contributed by atoms with Gasteiger partial charge in [0.05, 0.1) is 31.3 Å². The van der Waals surface area contributed by atoms with E-state index >= 15 is 0 Å². The van der Waals surface area contributed by atoms with E-state index in [1.165, 1.54) is 7.11 Å². The number of carbonyl (C=O) groups is 2. The van der Waals surface area contributed by atoms with Crippen molar-refractivity contribution in [1.82, 2.24) is 0 Å². The Morgan fingerprint density at radius 3 is 2.30 bits per heavy atom. The third-order valence-corrected chi connectivity index (χ3v) is 3.66. The molecule has 0 aromatic rings. The van der Waals surface area contributed by atoms with Crippen molar-refractivity contribution in [2.45, 2.75) is 33.1 Å². The first-order valence-electron chi connectivity index (χ1n) is 6.40. The van der Waals surface area contributed by atoms with Crippen molar-refractivity contribution >= 4 is 22.1 Å². The SMILES string of the molecule is CCC(CC(C)C(=O)OC)C(=O)OCCCS(=O)(=O)O. The van der Waals surface area contributed by atoms with Gasteiger partial charge in [0.15, 0.2) is 0 Å². The Kier molecular flexibility index (Phi) is 8.40. The average molecular weight is 310 g/mol. The quantitative estimate of drug-likeness (QED) is 0.385.